The Morgan fingerprint density at radius 1 is 1.50 bits per heavy atom. The topological polar surface area (TPSA) is 20.2 Å². The van der Waals surface area contributed by atoms with Crippen molar-refractivity contribution in [2.24, 2.45) is 0 Å². The Hall–Kier alpha value is -1.08. The number of allylic oxidation sites excluding steroid dienone is 1. The highest BCUT2D eigenvalue weighted by molar-refractivity contribution is 5.64. The average Bonchev–Trinajstić information content (AvgIpc) is 2.03. The lowest BCUT2D eigenvalue weighted by atomic mass is 10.0. The van der Waals surface area contributed by atoms with E-state index in [1.54, 1.807) is 0 Å². The van der Waals surface area contributed by atoms with E-state index < -0.39 is 0 Å². The zero-order valence-electron chi connectivity index (χ0n) is 7.59. The van der Waals surface area contributed by atoms with Crippen molar-refractivity contribution in [3.8, 4) is 0 Å². The fourth-order valence-corrected chi connectivity index (χ4v) is 1.30. The first-order valence-electron chi connectivity index (χ1n) is 4.01. The number of aryl methyl sites for hydroxylation is 1. The van der Waals surface area contributed by atoms with Crippen LogP contribution in [0, 0.1) is 6.92 Å². The lowest BCUT2D eigenvalue weighted by molar-refractivity contribution is 0.282. The number of rotatable bonds is 2. The van der Waals surface area contributed by atoms with Crippen LogP contribution in [0.4, 0.5) is 0 Å². The van der Waals surface area contributed by atoms with Gasteiger partial charge in [-0.1, -0.05) is 30.4 Å². The Balaban J connectivity index is 3.12. The maximum atomic E-state index is 8.87. The molecule has 0 saturated heterocycles. The fraction of sp³-hybridized carbons (Fsp3) is 0.273. The summed E-state index contributed by atoms with van der Waals surface area (Å²) in [6, 6.07) is 5.92. The lowest BCUT2D eigenvalue weighted by Gasteiger charge is -2.06. The summed E-state index contributed by atoms with van der Waals surface area (Å²) < 4.78 is 0. The molecule has 0 unspecified atom stereocenters. The van der Waals surface area contributed by atoms with Crippen molar-refractivity contribution in [3.63, 3.8) is 0 Å². The highest BCUT2D eigenvalue weighted by Crippen LogP contribution is 2.17. The number of aliphatic hydroxyl groups excluding tert-OH is 1. The Labute approximate surface area is 73.4 Å². The van der Waals surface area contributed by atoms with Crippen molar-refractivity contribution >= 4 is 5.57 Å². The molecule has 0 radical (unpaired) electrons. The largest absolute Gasteiger partial charge is 0.392 e. The Kier molecular flexibility index (Phi) is 2.66. The quantitative estimate of drug-likeness (QED) is 0.708. The lowest BCUT2D eigenvalue weighted by Crippen LogP contribution is -1.89. The molecule has 1 heteroatoms. The van der Waals surface area contributed by atoms with Crippen LogP contribution in [0.25, 0.3) is 5.57 Å². The van der Waals surface area contributed by atoms with Crippen molar-refractivity contribution in [1.29, 1.82) is 0 Å². The summed E-state index contributed by atoms with van der Waals surface area (Å²) in [5, 5.41) is 8.87. The monoisotopic (exact) mass is 162 g/mol. The molecule has 1 rings (SSSR count). The summed E-state index contributed by atoms with van der Waals surface area (Å²) in [6.07, 6.45) is 0. The van der Waals surface area contributed by atoms with Crippen LogP contribution < -0.4 is 0 Å². The third-order valence-corrected chi connectivity index (χ3v) is 1.93. The van der Waals surface area contributed by atoms with Crippen LogP contribution in [0.5, 0.6) is 0 Å². The van der Waals surface area contributed by atoms with E-state index in [0.29, 0.717) is 0 Å². The van der Waals surface area contributed by atoms with Gasteiger partial charge in [0, 0.05) is 0 Å². The van der Waals surface area contributed by atoms with Crippen molar-refractivity contribution in [2.45, 2.75) is 20.5 Å². The number of hydrogen-bond donors (Lipinski definition) is 1. The molecule has 1 aromatic rings. The van der Waals surface area contributed by atoms with Crippen LogP contribution in [-0.2, 0) is 6.61 Å². The maximum Gasteiger partial charge on any atom is 0.0681 e. The van der Waals surface area contributed by atoms with E-state index in [-0.39, 0.29) is 6.61 Å². The summed E-state index contributed by atoms with van der Waals surface area (Å²) in [6.45, 7) is 8.01. The second-order valence-corrected chi connectivity index (χ2v) is 3.09. The van der Waals surface area contributed by atoms with E-state index in [0.717, 1.165) is 11.1 Å². The van der Waals surface area contributed by atoms with Gasteiger partial charge in [-0.2, -0.15) is 0 Å². The molecule has 0 aliphatic rings. The van der Waals surface area contributed by atoms with Gasteiger partial charge in [-0.05, 0) is 30.5 Å². The minimum atomic E-state index is 0.108. The van der Waals surface area contributed by atoms with Crippen LogP contribution in [0.1, 0.15) is 23.6 Å². The summed E-state index contributed by atoms with van der Waals surface area (Å²) in [4.78, 5) is 0. The minimum absolute atomic E-state index is 0.108. The molecular formula is C11H14O. The Bertz CT molecular complexity index is 300. The number of benzene rings is 1. The molecule has 1 aromatic carbocycles. The van der Waals surface area contributed by atoms with Gasteiger partial charge in [-0.3, -0.25) is 0 Å². The highest BCUT2D eigenvalue weighted by atomic mass is 16.3. The van der Waals surface area contributed by atoms with Crippen molar-refractivity contribution < 1.29 is 5.11 Å². The molecule has 0 aromatic heterocycles. The first-order valence-corrected chi connectivity index (χ1v) is 4.01. The molecule has 1 N–H and O–H groups in total. The zero-order chi connectivity index (χ0) is 9.14. The predicted molar refractivity (Wildman–Crippen MR) is 51.8 cm³/mol. The fourth-order valence-electron chi connectivity index (χ4n) is 1.30. The molecule has 0 aliphatic heterocycles. The molecule has 0 bridgehead atoms. The van der Waals surface area contributed by atoms with E-state index >= 15 is 0 Å². The van der Waals surface area contributed by atoms with Crippen molar-refractivity contribution in [2.75, 3.05) is 0 Å². The van der Waals surface area contributed by atoms with Gasteiger partial charge in [0.25, 0.3) is 0 Å². The van der Waals surface area contributed by atoms with Gasteiger partial charge < -0.3 is 5.11 Å². The Morgan fingerprint density at radius 2 is 2.17 bits per heavy atom. The molecule has 0 atom stereocenters. The molecule has 0 amide bonds. The van der Waals surface area contributed by atoms with E-state index in [2.05, 4.69) is 6.58 Å². The molecule has 0 saturated carbocycles. The summed E-state index contributed by atoms with van der Waals surface area (Å²) in [7, 11) is 0. The highest BCUT2D eigenvalue weighted by Gasteiger charge is 1.99. The van der Waals surface area contributed by atoms with Gasteiger partial charge in [-0.25, -0.2) is 0 Å². The van der Waals surface area contributed by atoms with Gasteiger partial charge in [-0.15, -0.1) is 0 Å². The molecule has 12 heavy (non-hydrogen) atoms. The second kappa shape index (κ2) is 3.55. The van der Waals surface area contributed by atoms with Crippen molar-refractivity contribution in [3.05, 3.63) is 41.5 Å². The molecule has 64 valence electrons. The van der Waals surface area contributed by atoms with Gasteiger partial charge >= 0.3 is 0 Å². The third-order valence-electron chi connectivity index (χ3n) is 1.93. The first kappa shape index (κ1) is 9.01. The van der Waals surface area contributed by atoms with Crippen LogP contribution in [0.2, 0.25) is 0 Å². The molecule has 0 fully saturated rings. The van der Waals surface area contributed by atoms with E-state index in [4.69, 9.17) is 5.11 Å². The van der Waals surface area contributed by atoms with E-state index in [1.165, 1.54) is 11.1 Å². The molecule has 0 spiro atoms. The van der Waals surface area contributed by atoms with Crippen LogP contribution in [0.3, 0.4) is 0 Å². The van der Waals surface area contributed by atoms with Gasteiger partial charge in [0.1, 0.15) is 0 Å². The number of hydrogen-bond acceptors (Lipinski definition) is 1. The van der Waals surface area contributed by atoms with Gasteiger partial charge in [0.15, 0.2) is 0 Å². The predicted octanol–water partition coefficient (Wildman–Crippen LogP) is 2.52. The van der Waals surface area contributed by atoms with Crippen molar-refractivity contribution in [1.82, 2.24) is 0 Å². The van der Waals surface area contributed by atoms with Crippen LogP contribution in [-0.4, -0.2) is 5.11 Å². The standard InChI is InChI=1S/C11H14O/c1-8(2)11-5-4-10(7-12)6-9(11)3/h4-6,12H,1,7H2,2-3H3. The molecule has 1 nitrogen and oxygen atoms in total. The maximum absolute atomic E-state index is 8.87. The molecule has 0 aliphatic carbocycles. The van der Waals surface area contributed by atoms with E-state index in [1.807, 2.05) is 32.0 Å². The first-order chi connectivity index (χ1) is 5.65. The smallest absolute Gasteiger partial charge is 0.0681 e. The van der Waals surface area contributed by atoms with E-state index in [9.17, 15) is 0 Å². The average molecular weight is 162 g/mol. The van der Waals surface area contributed by atoms with Gasteiger partial charge in [0.05, 0.1) is 6.61 Å². The van der Waals surface area contributed by atoms with Crippen LogP contribution in [0.15, 0.2) is 24.8 Å². The third kappa shape index (κ3) is 1.74. The van der Waals surface area contributed by atoms with Crippen LogP contribution >= 0.6 is 0 Å². The van der Waals surface area contributed by atoms with Gasteiger partial charge in [0.2, 0.25) is 0 Å². The second-order valence-electron chi connectivity index (χ2n) is 3.09. The number of aliphatic hydroxyl groups is 1. The minimum Gasteiger partial charge on any atom is -0.392 e. The Morgan fingerprint density at radius 3 is 2.58 bits per heavy atom. The summed E-state index contributed by atoms with van der Waals surface area (Å²) in [5.41, 5.74) is 4.37. The zero-order valence-corrected chi connectivity index (χ0v) is 7.59. The molecular weight excluding hydrogens is 148 g/mol. The summed E-state index contributed by atoms with van der Waals surface area (Å²) >= 11 is 0. The molecule has 0 heterocycles. The normalized spacial score (nSPS) is 9.92. The summed E-state index contributed by atoms with van der Waals surface area (Å²) in [5.74, 6) is 0. The SMILES string of the molecule is C=C(C)c1ccc(CO)cc1C.